The van der Waals surface area contributed by atoms with Crippen LogP contribution < -0.4 is 10.7 Å². The fraction of sp³-hybridized carbons (Fsp3) is 0.152. The summed E-state index contributed by atoms with van der Waals surface area (Å²) in [4.78, 5) is 48.3. The molecule has 0 atom stereocenters. The monoisotopic (exact) mass is 735 g/mol. The van der Waals surface area contributed by atoms with Crippen LogP contribution in [0.25, 0.3) is 44.5 Å². The quantitative estimate of drug-likeness (QED) is 0.0479. The van der Waals surface area contributed by atoms with Gasteiger partial charge in [-0.2, -0.15) is 0 Å². The van der Waals surface area contributed by atoms with Crippen LogP contribution >= 0.6 is 58.0 Å². The van der Waals surface area contributed by atoms with Crippen LogP contribution in [-0.2, 0) is 4.79 Å². The molecule has 1 amide bonds. The first-order valence-corrected chi connectivity index (χ1v) is 15.8. The summed E-state index contributed by atoms with van der Waals surface area (Å²) in [5, 5.41) is 31.8. The summed E-state index contributed by atoms with van der Waals surface area (Å²) in [6, 6.07) is 11.6. The summed E-state index contributed by atoms with van der Waals surface area (Å²) in [5.41, 5.74) is 0.388. The summed E-state index contributed by atoms with van der Waals surface area (Å²) in [6.07, 6.45) is 1.89. The third kappa shape index (κ3) is 6.86. The van der Waals surface area contributed by atoms with Gasteiger partial charge in [-0.15, -0.1) is 0 Å². The van der Waals surface area contributed by atoms with Crippen molar-refractivity contribution in [3.8, 4) is 39.3 Å². The minimum atomic E-state index is -1.47. The van der Waals surface area contributed by atoms with Gasteiger partial charge in [0, 0.05) is 58.3 Å². The van der Waals surface area contributed by atoms with Crippen LogP contribution in [0.2, 0.25) is 25.1 Å². The molecular weight excluding hydrogens is 716 g/mol. The number of aromatic hydroxyl groups is 1. The second-order valence-corrected chi connectivity index (χ2v) is 12.4. The zero-order valence-electron chi connectivity index (χ0n) is 23.9. The molecule has 9 nitrogen and oxygen atoms in total. The van der Waals surface area contributed by atoms with Crippen LogP contribution in [0.3, 0.4) is 0 Å². The minimum Gasteiger partial charge on any atom is -0.507 e. The minimum absolute atomic E-state index is 0.0147. The summed E-state index contributed by atoms with van der Waals surface area (Å²) in [5.74, 6) is -2.86. The number of carbonyl (C=O) groups excluding carboxylic acids is 1. The van der Waals surface area contributed by atoms with Gasteiger partial charge < -0.3 is 25.1 Å². The highest BCUT2D eigenvalue weighted by molar-refractivity contribution is 6.54. The van der Waals surface area contributed by atoms with E-state index in [9.17, 15) is 29.4 Å². The van der Waals surface area contributed by atoms with Crippen LogP contribution in [0, 0.1) is 0 Å². The number of hydrogen-bond acceptors (Lipinski definition) is 6. The third-order valence-electron chi connectivity index (χ3n) is 7.43. The van der Waals surface area contributed by atoms with E-state index in [0.29, 0.717) is 36.9 Å². The molecule has 0 fully saturated rings. The van der Waals surface area contributed by atoms with Crippen molar-refractivity contribution >= 4 is 86.8 Å². The lowest BCUT2D eigenvalue weighted by Gasteiger charge is -2.21. The molecule has 0 spiro atoms. The van der Waals surface area contributed by atoms with E-state index in [1.807, 2.05) is 0 Å². The average Bonchev–Trinajstić information content (AvgIpc) is 3.02. The molecule has 47 heavy (non-hydrogen) atoms. The average molecular weight is 738 g/mol. The van der Waals surface area contributed by atoms with Crippen LogP contribution in [0.15, 0.2) is 57.7 Å². The summed E-state index contributed by atoms with van der Waals surface area (Å²) < 4.78 is 5.98. The number of halogens is 5. The number of carbonyl (C=O) groups is 3. The fourth-order valence-corrected chi connectivity index (χ4v) is 6.37. The third-order valence-corrected chi connectivity index (χ3v) is 9.53. The zero-order valence-corrected chi connectivity index (χ0v) is 27.7. The predicted octanol–water partition coefficient (Wildman–Crippen LogP) is 9.28. The maximum atomic E-state index is 12.7. The maximum absolute atomic E-state index is 12.7. The van der Waals surface area contributed by atoms with Gasteiger partial charge in [-0.1, -0.05) is 76.6 Å². The van der Waals surface area contributed by atoms with Gasteiger partial charge in [0.1, 0.15) is 17.1 Å². The Kier molecular flexibility index (Phi) is 10.2. The van der Waals surface area contributed by atoms with Gasteiger partial charge in [-0.25, -0.2) is 4.79 Å². The first-order chi connectivity index (χ1) is 22.3. The van der Waals surface area contributed by atoms with E-state index in [-0.39, 0.29) is 82.2 Å². The number of aliphatic carboxylic acids is 1. The van der Waals surface area contributed by atoms with Gasteiger partial charge in [-0.05, 0) is 42.7 Å². The van der Waals surface area contributed by atoms with Gasteiger partial charge in [0.25, 0.3) is 5.91 Å². The van der Waals surface area contributed by atoms with Gasteiger partial charge in [0.2, 0.25) is 5.43 Å². The van der Waals surface area contributed by atoms with E-state index in [0.717, 1.165) is 6.07 Å². The molecule has 2 aliphatic rings. The number of hydrogen-bond donors (Lipinski definition) is 4. The highest BCUT2D eigenvalue weighted by Crippen LogP contribution is 2.51. The van der Waals surface area contributed by atoms with Gasteiger partial charge >= 0.3 is 11.9 Å². The molecule has 0 radical (unpaired) electrons. The van der Waals surface area contributed by atoms with Crippen LogP contribution in [0.1, 0.15) is 46.4 Å². The molecule has 0 saturated heterocycles. The molecule has 0 bridgehead atoms. The Labute approximate surface area is 291 Å². The lowest BCUT2D eigenvalue weighted by atomic mass is 9.89. The summed E-state index contributed by atoms with van der Waals surface area (Å²) in [6.45, 7) is 0.378. The predicted molar refractivity (Wildman–Crippen MR) is 182 cm³/mol. The van der Waals surface area contributed by atoms with E-state index >= 15 is 0 Å². The van der Waals surface area contributed by atoms with Gasteiger partial charge in [0.15, 0.2) is 0 Å². The largest absolute Gasteiger partial charge is 0.507 e. The molecule has 0 unspecified atom stereocenters. The smallest absolute Gasteiger partial charge is 0.337 e. The van der Waals surface area contributed by atoms with Crippen molar-refractivity contribution in [2.45, 2.75) is 25.7 Å². The van der Waals surface area contributed by atoms with Crippen molar-refractivity contribution < 1.29 is 34.1 Å². The Hall–Kier alpha value is -3.99. The molecule has 3 aromatic carbocycles. The number of unbranched alkanes of at least 4 members (excludes halogenated alkanes) is 2. The molecule has 3 aromatic rings. The Bertz CT molecular complexity index is 2110. The van der Waals surface area contributed by atoms with Crippen molar-refractivity contribution in [3.63, 3.8) is 0 Å². The number of carboxylic acids is 2. The molecule has 0 saturated carbocycles. The molecule has 1 aliphatic carbocycles. The fourth-order valence-electron chi connectivity index (χ4n) is 5.18. The van der Waals surface area contributed by atoms with Crippen LogP contribution in [0.5, 0.6) is 5.75 Å². The molecule has 4 N–H and O–H groups in total. The van der Waals surface area contributed by atoms with Crippen molar-refractivity contribution in [1.29, 1.82) is 0 Å². The standard InChI is InChI=1S/C33H22Cl5NO8/c34-19-11-18-23(13-21(19)41)47-22-12-20(40)16(14-5-7-15(8-6-14)32(44)39-9-3-1-2-4-24(42)43)10-17(22)25(18)26-27(33(45)46)29(36)31(38)30(37)28(26)35/h5-8,10-13,40H,1-4,9H2,(H,39,44)(H,42,43)(H,45,46). The number of nitrogens with one attached hydrogen (secondary N) is 1. The number of fused-ring (bicyclic) bond motifs is 2. The van der Waals surface area contributed by atoms with Crippen molar-refractivity contribution in [2.24, 2.45) is 0 Å². The molecule has 14 heteroatoms. The number of rotatable bonds is 10. The van der Waals surface area contributed by atoms with E-state index < -0.39 is 22.9 Å². The first-order valence-electron chi connectivity index (χ1n) is 13.9. The highest BCUT2D eigenvalue weighted by atomic mass is 35.5. The SMILES string of the molecule is O=C(O)CCCCCNC(=O)c1ccc(-c2cc3c(-c4c(Cl)c(Cl)c(Cl)c(Cl)c4C(=O)O)c4cc(Cl)c(=O)cc-4oc3cc2O)cc1. The number of amides is 1. The topological polar surface area (TPSA) is 154 Å². The Morgan fingerprint density at radius 1 is 0.766 bits per heavy atom. The molecule has 242 valence electrons. The Balaban J connectivity index is 1.64. The molecular formula is C33H22Cl5NO8. The van der Waals surface area contributed by atoms with Gasteiger partial charge in [0.05, 0.1) is 30.7 Å². The summed E-state index contributed by atoms with van der Waals surface area (Å²) in [7, 11) is 0. The highest BCUT2D eigenvalue weighted by Gasteiger charge is 2.31. The number of aromatic carboxylic acids is 1. The van der Waals surface area contributed by atoms with Crippen LogP contribution in [-0.4, -0.2) is 39.7 Å². The molecule has 1 aliphatic heterocycles. The van der Waals surface area contributed by atoms with Crippen molar-refractivity contribution in [1.82, 2.24) is 5.32 Å². The second-order valence-electron chi connectivity index (χ2n) is 10.5. The van der Waals surface area contributed by atoms with E-state index in [4.69, 9.17) is 67.5 Å². The van der Waals surface area contributed by atoms with E-state index in [2.05, 4.69) is 5.32 Å². The normalized spacial score (nSPS) is 11.3. The Morgan fingerprint density at radius 3 is 2.11 bits per heavy atom. The zero-order chi connectivity index (χ0) is 34.2. The number of benzene rings is 4. The van der Waals surface area contributed by atoms with Crippen molar-refractivity contribution in [2.75, 3.05) is 6.54 Å². The van der Waals surface area contributed by atoms with Crippen molar-refractivity contribution in [3.05, 3.63) is 95.0 Å². The molecule has 1 heterocycles. The Morgan fingerprint density at radius 2 is 1.45 bits per heavy atom. The maximum Gasteiger partial charge on any atom is 0.337 e. The van der Waals surface area contributed by atoms with Crippen LogP contribution in [0.4, 0.5) is 0 Å². The number of carboxylic acid groups (broad SMARTS) is 2. The van der Waals surface area contributed by atoms with Gasteiger partial charge in [-0.3, -0.25) is 14.4 Å². The lowest BCUT2D eigenvalue weighted by molar-refractivity contribution is -0.137. The second kappa shape index (κ2) is 14.0. The lowest BCUT2D eigenvalue weighted by Crippen LogP contribution is -2.24. The van der Waals surface area contributed by atoms with E-state index in [1.54, 1.807) is 24.3 Å². The first kappa shape index (κ1) is 34.3. The molecule has 0 aromatic heterocycles. The van der Waals surface area contributed by atoms with E-state index in [1.165, 1.54) is 18.2 Å². The molecule has 5 rings (SSSR count). The number of phenolic OH excluding ortho intramolecular Hbond substituents is 1. The number of phenols is 1. The summed E-state index contributed by atoms with van der Waals surface area (Å²) >= 11 is 31.9.